The second-order valence-corrected chi connectivity index (χ2v) is 9.90. The summed E-state index contributed by atoms with van der Waals surface area (Å²) in [6, 6.07) is 12.3. The molecule has 0 bridgehead atoms. The Balaban J connectivity index is 1.75. The monoisotopic (exact) mass is 522 g/mol. The van der Waals surface area contributed by atoms with E-state index in [0.717, 1.165) is 18.2 Å². The van der Waals surface area contributed by atoms with Gasteiger partial charge in [0.1, 0.15) is 11.6 Å². The van der Waals surface area contributed by atoms with Crippen LogP contribution in [0.1, 0.15) is 55.9 Å². The first-order valence-electron chi connectivity index (χ1n) is 11.6. The highest BCUT2D eigenvalue weighted by Crippen LogP contribution is 2.37. The largest absolute Gasteiger partial charge is 0.416 e. The predicted octanol–water partition coefficient (Wildman–Crippen LogP) is 8.04. The van der Waals surface area contributed by atoms with E-state index in [0.29, 0.717) is 22.6 Å². The number of hydrogen-bond acceptors (Lipinski definition) is 3. The Labute approximate surface area is 217 Å². The molecule has 0 amide bonds. The van der Waals surface area contributed by atoms with Crippen LogP contribution in [0.5, 0.6) is 0 Å². The Hall–Kier alpha value is -4.19. The maximum atomic E-state index is 14.8. The molecule has 0 radical (unpaired) electrons. The lowest BCUT2D eigenvalue weighted by Crippen LogP contribution is -2.27. The van der Waals surface area contributed by atoms with Gasteiger partial charge in [-0.25, -0.2) is 13.6 Å². The number of halogens is 5. The van der Waals surface area contributed by atoms with E-state index in [1.165, 1.54) is 18.3 Å². The fourth-order valence-corrected chi connectivity index (χ4v) is 4.11. The number of rotatable bonds is 5. The minimum absolute atomic E-state index is 0.0134. The molecule has 0 unspecified atom stereocenters. The van der Waals surface area contributed by atoms with Crippen molar-refractivity contribution in [2.45, 2.75) is 44.7 Å². The van der Waals surface area contributed by atoms with Gasteiger partial charge in [-0.05, 0) is 49.7 Å². The van der Waals surface area contributed by atoms with Crippen LogP contribution in [-0.2, 0) is 17.0 Å². The number of hydrogen-bond donors (Lipinski definition) is 0. The van der Waals surface area contributed by atoms with E-state index >= 15 is 0 Å². The summed E-state index contributed by atoms with van der Waals surface area (Å²) in [6.45, 7) is 14.3. The normalized spacial score (nSPS) is 12.3. The van der Waals surface area contributed by atoms with Crippen molar-refractivity contribution in [2.75, 3.05) is 0 Å². The van der Waals surface area contributed by atoms with E-state index in [1.54, 1.807) is 44.3 Å². The fourth-order valence-electron chi connectivity index (χ4n) is 4.11. The smallest absolute Gasteiger partial charge is 0.261 e. The fraction of sp³-hybridized carbons (Fsp3) is 0.241. The lowest BCUT2D eigenvalue weighted by molar-refractivity contribution is -0.137. The quantitative estimate of drug-likeness (QED) is 0.197. The van der Waals surface area contributed by atoms with E-state index in [9.17, 15) is 22.0 Å². The topological polar surface area (TPSA) is 43.0 Å². The highest BCUT2D eigenvalue weighted by Gasteiger charge is 2.34. The molecule has 0 aliphatic rings. The predicted molar refractivity (Wildman–Crippen MR) is 134 cm³/mol. The first kappa shape index (κ1) is 26.9. The van der Waals surface area contributed by atoms with Gasteiger partial charge in [0, 0.05) is 23.4 Å². The Morgan fingerprint density at radius 2 is 1.37 bits per heavy atom. The Morgan fingerprint density at radius 3 is 2.03 bits per heavy atom. The van der Waals surface area contributed by atoms with Gasteiger partial charge in [0.15, 0.2) is 0 Å². The van der Waals surface area contributed by atoms with Gasteiger partial charge in [0.05, 0.1) is 40.3 Å². The number of aromatic nitrogens is 3. The van der Waals surface area contributed by atoms with Gasteiger partial charge in [0.2, 0.25) is 0 Å². The summed E-state index contributed by atoms with van der Waals surface area (Å²) in [7, 11) is 0. The molecular formula is C29H23F5N4. The van der Waals surface area contributed by atoms with Crippen LogP contribution in [0.2, 0.25) is 0 Å². The van der Waals surface area contributed by atoms with Crippen molar-refractivity contribution in [1.82, 2.24) is 15.0 Å². The molecule has 4 nitrogen and oxygen atoms in total. The summed E-state index contributed by atoms with van der Waals surface area (Å²) < 4.78 is 68.6. The van der Waals surface area contributed by atoms with Crippen LogP contribution in [0.25, 0.3) is 16.1 Å². The summed E-state index contributed by atoms with van der Waals surface area (Å²) >= 11 is 0. The molecule has 0 aliphatic heterocycles. The average molecular weight is 523 g/mol. The van der Waals surface area contributed by atoms with Crippen molar-refractivity contribution in [3.63, 3.8) is 0 Å². The zero-order chi connectivity index (χ0) is 27.9. The first-order valence-corrected chi connectivity index (χ1v) is 11.6. The molecule has 0 aliphatic carbocycles. The summed E-state index contributed by atoms with van der Waals surface area (Å²) in [5.41, 5.74) is -1.10. The summed E-state index contributed by atoms with van der Waals surface area (Å²) in [5.74, 6) is -1.94. The van der Waals surface area contributed by atoms with Crippen molar-refractivity contribution in [3.05, 3.63) is 118 Å². The Morgan fingerprint density at radius 1 is 0.737 bits per heavy atom. The number of benzene rings is 2. The van der Waals surface area contributed by atoms with E-state index in [4.69, 9.17) is 11.6 Å². The number of pyridine rings is 1. The molecule has 2 aromatic heterocycles. The number of alkyl halides is 3. The molecule has 0 saturated carbocycles. The van der Waals surface area contributed by atoms with Gasteiger partial charge >= 0.3 is 6.18 Å². The third-order valence-electron chi connectivity index (χ3n) is 6.67. The number of nitrogens with zero attached hydrogens (tertiary/aromatic N) is 4. The minimum Gasteiger partial charge on any atom is -0.261 e. The molecular weight excluding hydrogens is 499 g/mol. The Kier molecular flexibility index (Phi) is 6.79. The molecule has 0 atom stereocenters. The minimum atomic E-state index is -4.47. The Bertz CT molecular complexity index is 1550. The lowest BCUT2D eigenvalue weighted by Gasteiger charge is -2.29. The second kappa shape index (κ2) is 9.60. The molecule has 4 rings (SSSR count). The standard InChI is InChI=1S/C29H23F5N4/c1-27(2,17-8-6-9-18(14-17)29(32,33)34)23-15-36-16-24(38-23)28(3,4)22-11-7-10-21(37-22)19-12-13-20(30)26(35-5)25(19)31/h6-16H,1-4H3. The molecule has 9 heteroatoms. The van der Waals surface area contributed by atoms with Crippen molar-refractivity contribution < 1.29 is 22.0 Å². The molecule has 0 N–H and O–H groups in total. The van der Waals surface area contributed by atoms with Gasteiger partial charge in [-0.2, -0.15) is 13.2 Å². The summed E-state index contributed by atoms with van der Waals surface area (Å²) in [6.07, 6.45) is -1.41. The molecule has 2 heterocycles. The SMILES string of the molecule is [C-]#[N+]c1c(F)ccc(-c2cccc(C(C)(C)c3cncc(C(C)(C)c4cccc(C(F)(F)F)c4)n3)n2)c1F. The van der Waals surface area contributed by atoms with Gasteiger partial charge in [-0.1, -0.05) is 38.1 Å². The van der Waals surface area contributed by atoms with Gasteiger partial charge in [-0.15, -0.1) is 0 Å². The highest BCUT2D eigenvalue weighted by molar-refractivity contribution is 5.67. The van der Waals surface area contributed by atoms with Crippen LogP contribution in [0, 0.1) is 18.2 Å². The van der Waals surface area contributed by atoms with Gasteiger partial charge < -0.3 is 0 Å². The zero-order valence-corrected chi connectivity index (χ0v) is 21.0. The van der Waals surface area contributed by atoms with E-state index in [1.807, 2.05) is 13.8 Å². The molecule has 38 heavy (non-hydrogen) atoms. The second-order valence-electron chi connectivity index (χ2n) is 9.90. The maximum Gasteiger partial charge on any atom is 0.416 e. The lowest BCUT2D eigenvalue weighted by atomic mass is 9.80. The molecule has 0 saturated heterocycles. The zero-order valence-electron chi connectivity index (χ0n) is 21.0. The van der Waals surface area contributed by atoms with Gasteiger partial charge in [-0.3, -0.25) is 15.0 Å². The van der Waals surface area contributed by atoms with Gasteiger partial charge in [0.25, 0.3) is 5.69 Å². The first-order chi connectivity index (χ1) is 17.8. The molecule has 4 aromatic rings. The average Bonchev–Trinajstić information content (AvgIpc) is 2.89. The maximum absolute atomic E-state index is 14.8. The van der Waals surface area contributed by atoms with E-state index in [-0.39, 0.29) is 11.3 Å². The van der Waals surface area contributed by atoms with E-state index in [2.05, 4.69) is 14.8 Å². The third-order valence-corrected chi connectivity index (χ3v) is 6.67. The summed E-state index contributed by atoms with van der Waals surface area (Å²) in [4.78, 5) is 16.6. The molecule has 194 valence electrons. The molecule has 2 aromatic carbocycles. The highest BCUT2D eigenvalue weighted by atomic mass is 19.4. The van der Waals surface area contributed by atoms with Crippen molar-refractivity contribution in [1.29, 1.82) is 0 Å². The molecule has 0 spiro atoms. The van der Waals surface area contributed by atoms with Crippen LogP contribution >= 0.6 is 0 Å². The molecule has 0 fully saturated rings. The van der Waals surface area contributed by atoms with Crippen LogP contribution in [0.3, 0.4) is 0 Å². The van der Waals surface area contributed by atoms with Crippen LogP contribution < -0.4 is 0 Å². The summed E-state index contributed by atoms with van der Waals surface area (Å²) in [5, 5.41) is 0. The van der Waals surface area contributed by atoms with Crippen molar-refractivity contribution >= 4 is 5.69 Å². The van der Waals surface area contributed by atoms with Crippen LogP contribution in [0.4, 0.5) is 27.6 Å². The van der Waals surface area contributed by atoms with Crippen LogP contribution in [-0.4, -0.2) is 15.0 Å². The van der Waals surface area contributed by atoms with E-state index < -0.39 is 39.9 Å². The van der Waals surface area contributed by atoms with Crippen molar-refractivity contribution in [3.8, 4) is 11.3 Å². The van der Waals surface area contributed by atoms with Crippen molar-refractivity contribution in [2.24, 2.45) is 0 Å². The third kappa shape index (κ3) is 4.86. The van der Waals surface area contributed by atoms with Crippen LogP contribution in [0.15, 0.2) is 67.0 Å².